The van der Waals surface area contributed by atoms with Gasteiger partial charge in [0.05, 0.1) is 6.10 Å². The monoisotopic (exact) mass is 277 g/mol. The van der Waals surface area contributed by atoms with Crippen LogP contribution in [-0.4, -0.2) is 16.1 Å². The molecule has 0 saturated carbocycles. The molecule has 0 spiro atoms. The number of hydrogen-bond acceptors (Lipinski definition) is 4. The Morgan fingerprint density at radius 3 is 2.89 bits per heavy atom. The minimum absolute atomic E-state index is 0.198. The zero-order valence-electron chi connectivity index (χ0n) is 10.9. The molecular formula is C14H16ClN3O. The Balaban J connectivity index is 2.10. The summed E-state index contributed by atoms with van der Waals surface area (Å²) in [5.74, 6) is 1.49. The van der Waals surface area contributed by atoms with Gasteiger partial charge in [-0.3, -0.25) is 0 Å². The summed E-state index contributed by atoms with van der Waals surface area (Å²) in [7, 11) is 0. The van der Waals surface area contributed by atoms with E-state index >= 15 is 0 Å². The van der Waals surface area contributed by atoms with E-state index < -0.39 is 0 Å². The van der Waals surface area contributed by atoms with Gasteiger partial charge in [-0.25, -0.2) is 9.97 Å². The van der Waals surface area contributed by atoms with Crippen molar-refractivity contribution < 1.29 is 4.74 Å². The van der Waals surface area contributed by atoms with Crippen LogP contribution >= 0.6 is 11.6 Å². The van der Waals surface area contributed by atoms with Gasteiger partial charge in [-0.2, -0.15) is 0 Å². The van der Waals surface area contributed by atoms with Gasteiger partial charge in [0.2, 0.25) is 0 Å². The Labute approximate surface area is 117 Å². The maximum Gasteiger partial charge on any atom is 0.135 e. The first-order chi connectivity index (χ1) is 9.17. The van der Waals surface area contributed by atoms with Crippen LogP contribution in [0.4, 0.5) is 11.5 Å². The van der Waals surface area contributed by atoms with Gasteiger partial charge in [0.25, 0.3) is 0 Å². The summed E-state index contributed by atoms with van der Waals surface area (Å²) in [6.45, 7) is 4.14. The number of halogens is 1. The molecular weight excluding hydrogens is 262 g/mol. The Hall–Kier alpha value is -1.81. The first-order valence-electron chi connectivity index (χ1n) is 6.18. The lowest BCUT2D eigenvalue weighted by Crippen LogP contribution is -2.09. The summed E-state index contributed by atoms with van der Waals surface area (Å²) in [5.41, 5.74) is 0.899. The normalized spacial score (nSPS) is 11.9. The summed E-state index contributed by atoms with van der Waals surface area (Å²) < 4.78 is 5.77. The second-order valence-electron chi connectivity index (χ2n) is 4.22. The van der Waals surface area contributed by atoms with E-state index in [1.165, 1.54) is 6.33 Å². The van der Waals surface area contributed by atoms with Crippen molar-refractivity contribution >= 4 is 23.1 Å². The molecule has 2 rings (SSSR count). The molecule has 0 bridgehead atoms. The quantitative estimate of drug-likeness (QED) is 0.838. The Bertz CT molecular complexity index is 548. The molecule has 19 heavy (non-hydrogen) atoms. The van der Waals surface area contributed by atoms with Crippen molar-refractivity contribution in [2.45, 2.75) is 26.4 Å². The fraction of sp³-hybridized carbons (Fsp3) is 0.286. The first kappa shape index (κ1) is 13.6. The zero-order chi connectivity index (χ0) is 13.7. The SMILES string of the molecule is CCC(C)Oc1cccc(Nc2cc(Cl)ncn2)c1. The second kappa shape index (κ2) is 6.38. The molecule has 0 aliphatic heterocycles. The van der Waals surface area contributed by atoms with Crippen molar-refractivity contribution in [1.82, 2.24) is 9.97 Å². The van der Waals surface area contributed by atoms with Crippen LogP contribution in [0.2, 0.25) is 5.15 Å². The average Bonchev–Trinajstić information content (AvgIpc) is 2.39. The van der Waals surface area contributed by atoms with Gasteiger partial charge in [-0.1, -0.05) is 24.6 Å². The van der Waals surface area contributed by atoms with Crippen molar-refractivity contribution in [3.8, 4) is 5.75 Å². The number of rotatable bonds is 5. The van der Waals surface area contributed by atoms with Crippen LogP contribution < -0.4 is 10.1 Å². The first-order valence-corrected chi connectivity index (χ1v) is 6.56. The molecule has 0 saturated heterocycles. The Kier molecular flexibility index (Phi) is 4.58. The molecule has 2 aromatic rings. The van der Waals surface area contributed by atoms with Gasteiger partial charge in [-0.05, 0) is 25.5 Å². The third-order valence-electron chi connectivity index (χ3n) is 2.65. The molecule has 1 atom stereocenters. The maximum atomic E-state index is 5.81. The Morgan fingerprint density at radius 1 is 1.32 bits per heavy atom. The molecule has 100 valence electrons. The molecule has 1 N–H and O–H groups in total. The molecule has 0 amide bonds. The minimum Gasteiger partial charge on any atom is -0.491 e. The molecule has 1 unspecified atom stereocenters. The lowest BCUT2D eigenvalue weighted by molar-refractivity contribution is 0.217. The lowest BCUT2D eigenvalue weighted by atomic mass is 10.2. The molecule has 0 aliphatic rings. The van der Waals surface area contributed by atoms with Crippen LogP contribution in [0.1, 0.15) is 20.3 Å². The van der Waals surface area contributed by atoms with Gasteiger partial charge in [0.1, 0.15) is 23.0 Å². The molecule has 0 aliphatic carbocycles. The fourth-order valence-corrected chi connectivity index (χ4v) is 1.66. The van der Waals surface area contributed by atoms with Crippen molar-refractivity contribution in [2.75, 3.05) is 5.32 Å². The van der Waals surface area contributed by atoms with Gasteiger partial charge in [-0.15, -0.1) is 0 Å². The number of nitrogens with zero attached hydrogens (tertiary/aromatic N) is 2. The van der Waals surface area contributed by atoms with E-state index in [9.17, 15) is 0 Å². The number of anilines is 2. The molecule has 0 radical (unpaired) electrons. The molecule has 5 heteroatoms. The van der Waals surface area contributed by atoms with Crippen LogP contribution in [-0.2, 0) is 0 Å². The number of ether oxygens (including phenoxy) is 1. The number of hydrogen-bond donors (Lipinski definition) is 1. The van der Waals surface area contributed by atoms with Crippen molar-refractivity contribution in [3.05, 3.63) is 41.8 Å². The van der Waals surface area contributed by atoms with Crippen molar-refractivity contribution in [2.24, 2.45) is 0 Å². The fourth-order valence-electron chi connectivity index (χ4n) is 1.51. The molecule has 4 nitrogen and oxygen atoms in total. The van der Waals surface area contributed by atoms with Gasteiger partial charge in [0, 0.05) is 17.8 Å². The highest BCUT2D eigenvalue weighted by atomic mass is 35.5. The smallest absolute Gasteiger partial charge is 0.135 e. The summed E-state index contributed by atoms with van der Waals surface area (Å²) in [4.78, 5) is 7.93. The van der Waals surface area contributed by atoms with E-state index in [0.29, 0.717) is 11.0 Å². The van der Waals surface area contributed by atoms with Gasteiger partial charge >= 0.3 is 0 Å². The van der Waals surface area contributed by atoms with Crippen molar-refractivity contribution in [1.29, 1.82) is 0 Å². The van der Waals surface area contributed by atoms with E-state index in [1.54, 1.807) is 6.07 Å². The largest absolute Gasteiger partial charge is 0.491 e. The third kappa shape index (κ3) is 4.10. The lowest BCUT2D eigenvalue weighted by Gasteiger charge is -2.13. The summed E-state index contributed by atoms with van der Waals surface area (Å²) in [5, 5.41) is 3.57. The highest BCUT2D eigenvalue weighted by Crippen LogP contribution is 2.22. The van der Waals surface area contributed by atoms with E-state index in [1.807, 2.05) is 31.2 Å². The molecule has 1 aromatic carbocycles. The summed E-state index contributed by atoms with van der Waals surface area (Å²) >= 11 is 5.81. The third-order valence-corrected chi connectivity index (χ3v) is 2.86. The molecule has 0 fully saturated rings. The summed E-state index contributed by atoms with van der Waals surface area (Å²) in [6, 6.07) is 9.42. The standard InChI is InChI=1S/C14H16ClN3O/c1-3-10(2)19-12-6-4-5-11(7-12)18-14-8-13(15)16-9-17-14/h4-10H,3H2,1-2H3,(H,16,17,18). The second-order valence-corrected chi connectivity index (χ2v) is 4.60. The van der Waals surface area contributed by atoms with Crippen LogP contribution in [0.3, 0.4) is 0 Å². The van der Waals surface area contributed by atoms with E-state index in [2.05, 4.69) is 22.2 Å². The number of nitrogens with one attached hydrogen (secondary N) is 1. The van der Waals surface area contributed by atoms with Crippen molar-refractivity contribution in [3.63, 3.8) is 0 Å². The Morgan fingerprint density at radius 2 is 2.16 bits per heavy atom. The maximum absolute atomic E-state index is 5.81. The number of benzene rings is 1. The predicted molar refractivity (Wildman–Crippen MR) is 77.1 cm³/mol. The summed E-state index contributed by atoms with van der Waals surface area (Å²) in [6.07, 6.45) is 2.59. The average molecular weight is 278 g/mol. The number of aromatic nitrogens is 2. The van der Waals surface area contributed by atoms with E-state index in [-0.39, 0.29) is 6.10 Å². The van der Waals surface area contributed by atoms with Gasteiger partial charge in [0.15, 0.2) is 0 Å². The predicted octanol–water partition coefficient (Wildman–Crippen LogP) is 4.05. The van der Waals surface area contributed by atoms with Crippen LogP contribution in [0.25, 0.3) is 0 Å². The van der Waals surface area contributed by atoms with E-state index in [4.69, 9.17) is 16.3 Å². The van der Waals surface area contributed by atoms with E-state index in [0.717, 1.165) is 17.9 Å². The van der Waals surface area contributed by atoms with Crippen LogP contribution in [0.15, 0.2) is 36.7 Å². The zero-order valence-corrected chi connectivity index (χ0v) is 11.7. The highest BCUT2D eigenvalue weighted by Gasteiger charge is 2.03. The molecule has 1 heterocycles. The minimum atomic E-state index is 0.198. The van der Waals surface area contributed by atoms with Crippen LogP contribution in [0.5, 0.6) is 5.75 Å². The van der Waals surface area contributed by atoms with Crippen LogP contribution in [0, 0.1) is 0 Å². The van der Waals surface area contributed by atoms with Gasteiger partial charge < -0.3 is 10.1 Å². The highest BCUT2D eigenvalue weighted by molar-refractivity contribution is 6.29. The molecule has 1 aromatic heterocycles. The topological polar surface area (TPSA) is 47.0 Å².